The fraction of sp³-hybridized carbons (Fsp3) is 0.500. The Kier molecular flexibility index (Phi) is 4.77. The highest BCUT2D eigenvalue weighted by molar-refractivity contribution is 5.81. The smallest absolute Gasteiger partial charge is 0.222 e. The Balaban J connectivity index is 2.12. The number of carbonyl (C=O) groups is 1. The lowest BCUT2D eigenvalue weighted by Gasteiger charge is -2.06. The predicted molar refractivity (Wildman–Crippen MR) is 81.6 cm³/mol. The summed E-state index contributed by atoms with van der Waals surface area (Å²) in [6.45, 7) is 7.64. The first-order valence-electron chi connectivity index (χ1n) is 7.34. The van der Waals surface area contributed by atoms with Gasteiger partial charge >= 0.3 is 0 Å². The molecule has 20 heavy (non-hydrogen) atoms. The topological polar surface area (TPSA) is 46.9 Å². The molecular weight excluding hydrogens is 250 g/mol. The third-order valence-corrected chi connectivity index (χ3v) is 3.40. The zero-order valence-electron chi connectivity index (χ0n) is 12.5. The van der Waals surface area contributed by atoms with Crippen molar-refractivity contribution in [1.29, 1.82) is 0 Å². The van der Waals surface area contributed by atoms with Crippen LogP contribution in [0.2, 0.25) is 0 Å². The van der Waals surface area contributed by atoms with Crippen LogP contribution < -0.4 is 5.32 Å². The van der Waals surface area contributed by atoms with Crippen LogP contribution in [-0.2, 0) is 17.8 Å². The molecule has 1 N–H and O–H groups in total. The first-order valence-corrected chi connectivity index (χ1v) is 7.34. The SMILES string of the molecule is CCCn1cc(CCNC(=O)C(C)C)c2cccnc21. The van der Waals surface area contributed by atoms with Crippen LogP contribution in [-0.4, -0.2) is 22.0 Å². The molecule has 0 aliphatic carbocycles. The van der Waals surface area contributed by atoms with E-state index in [0.29, 0.717) is 6.54 Å². The number of nitrogens with one attached hydrogen (secondary N) is 1. The van der Waals surface area contributed by atoms with E-state index in [1.165, 1.54) is 10.9 Å². The Bertz CT molecular complexity index is 586. The van der Waals surface area contributed by atoms with Crippen molar-refractivity contribution in [1.82, 2.24) is 14.9 Å². The van der Waals surface area contributed by atoms with Crippen molar-refractivity contribution in [2.75, 3.05) is 6.54 Å². The lowest BCUT2D eigenvalue weighted by Crippen LogP contribution is -2.29. The van der Waals surface area contributed by atoms with Gasteiger partial charge in [-0.1, -0.05) is 20.8 Å². The highest BCUT2D eigenvalue weighted by Gasteiger charge is 2.10. The van der Waals surface area contributed by atoms with Crippen LogP contribution in [0.15, 0.2) is 24.5 Å². The second kappa shape index (κ2) is 6.55. The number of amides is 1. The van der Waals surface area contributed by atoms with E-state index in [9.17, 15) is 4.79 Å². The zero-order valence-corrected chi connectivity index (χ0v) is 12.5. The normalized spacial score (nSPS) is 11.2. The zero-order chi connectivity index (χ0) is 14.5. The molecule has 4 heteroatoms. The average Bonchev–Trinajstić information content (AvgIpc) is 2.78. The van der Waals surface area contributed by atoms with Crippen LogP contribution in [0, 0.1) is 5.92 Å². The number of aryl methyl sites for hydroxylation is 1. The number of fused-ring (bicyclic) bond motifs is 1. The van der Waals surface area contributed by atoms with Gasteiger partial charge in [0.05, 0.1) is 0 Å². The van der Waals surface area contributed by atoms with Gasteiger partial charge in [-0.05, 0) is 30.5 Å². The molecule has 2 rings (SSSR count). The maximum absolute atomic E-state index is 11.6. The molecule has 0 atom stereocenters. The fourth-order valence-electron chi connectivity index (χ4n) is 2.33. The first kappa shape index (κ1) is 14.6. The van der Waals surface area contributed by atoms with Gasteiger partial charge in [-0.3, -0.25) is 4.79 Å². The summed E-state index contributed by atoms with van der Waals surface area (Å²) < 4.78 is 2.20. The van der Waals surface area contributed by atoms with Crippen molar-refractivity contribution in [3.05, 3.63) is 30.1 Å². The van der Waals surface area contributed by atoms with E-state index < -0.39 is 0 Å². The molecule has 0 saturated heterocycles. The van der Waals surface area contributed by atoms with Crippen molar-refractivity contribution < 1.29 is 4.79 Å². The summed E-state index contributed by atoms with van der Waals surface area (Å²) in [5.41, 5.74) is 2.30. The van der Waals surface area contributed by atoms with Crippen LogP contribution in [0.1, 0.15) is 32.8 Å². The highest BCUT2D eigenvalue weighted by atomic mass is 16.1. The van der Waals surface area contributed by atoms with Crippen LogP contribution in [0.3, 0.4) is 0 Å². The fourth-order valence-corrected chi connectivity index (χ4v) is 2.33. The number of nitrogens with zero attached hydrogens (tertiary/aromatic N) is 2. The van der Waals surface area contributed by atoms with Gasteiger partial charge in [0.2, 0.25) is 5.91 Å². The van der Waals surface area contributed by atoms with E-state index in [1.807, 2.05) is 26.1 Å². The molecule has 0 saturated carbocycles. The van der Waals surface area contributed by atoms with Crippen molar-refractivity contribution in [2.45, 2.75) is 40.2 Å². The molecule has 108 valence electrons. The van der Waals surface area contributed by atoms with Crippen molar-refractivity contribution in [2.24, 2.45) is 5.92 Å². The van der Waals surface area contributed by atoms with Crippen LogP contribution in [0.5, 0.6) is 0 Å². The number of aromatic nitrogens is 2. The molecule has 1 amide bonds. The van der Waals surface area contributed by atoms with Gasteiger partial charge < -0.3 is 9.88 Å². The Hall–Kier alpha value is -1.84. The molecule has 0 aromatic carbocycles. The molecule has 2 aromatic heterocycles. The minimum absolute atomic E-state index is 0.0399. The second-order valence-corrected chi connectivity index (χ2v) is 5.42. The molecule has 0 bridgehead atoms. The van der Waals surface area contributed by atoms with Crippen molar-refractivity contribution >= 4 is 16.9 Å². The monoisotopic (exact) mass is 273 g/mol. The van der Waals surface area contributed by atoms with Crippen LogP contribution in [0.4, 0.5) is 0 Å². The molecule has 4 nitrogen and oxygen atoms in total. The molecule has 2 aromatic rings. The number of pyridine rings is 1. The minimum Gasteiger partial charge on any atom is -0.356 e. The van der Waals surface area contributed by atoms with Gasteiger partial charge in [0.1, 0.15) is 5.65 Å². The predicted octanol–water partition coefficient (Wildman–Crippen LogP) is 2.76. The molecular formula is C16H23N3O. The Morgan fingerprint density at radius 3 is 2.95 bits per heavy atom. The minimum atomic E-state index is 0.0399. The number of rotatable bonds is 6. The summed E-state index contributed by atoms with van der Waals surface area (Å²) in [4.78, 5) is 16.0. The van der Waals surface area contributed by atoms with Crippen molar-refractivity contribution in [3.8, 4) is 0 Å². The number of carbonyl (C=O) groups excluding carboxylic acids is 1. The third kappa shape index (κ3) is 3.18. The summed E-state index contributed by atoms with van der Waals surface area (Å²) in [6.07, 6.45) is 5.93. The van der Waals surface area contributed by atoms with Crippen LogP contribution in [0.25, 0.3) is 11.0 Å². The standard InChI is InChI=1S/C16H23N3O/c1-4-10-19-11-13(7-9-18-16(20)12(2)3)14-6-5-8-17-15(14)19/h5-6,8,11-12H,4,7,9-10H2,1-3H3,(H,18,20). The van der Waals surface area contributed by atoms with E-state index >= 15 is 0 Å². The third-order valence-electron chi connectivity index (χ3n) is 3.40. The van der Waals surface area contributed by atoms with E-state index in [1.54, 1.807) is 0 Å². The summed E-state index contributed by atoms with van der Waals surface area (Å²) in [5, 5.41) is 4.16. The largest absolute Gasteiger partial charge is 0.356 e. The molecule has 0 unspecified atom stereocenters. The maximum atomic E-state index is 11.6. The number of hydrogen-bond acceptors (Lipinski definition) is 2. The average molecular weight is 273 g/mol. The molecule has 0 aliphatic rings. The van der Waals surface area contributed by atoms with Crippen molar-refractivity contribution in [3.63, 3.8) is 0 Å². The van der Waals surface area contributed by atoms with Gasteiger partial charge in [-0.2, -0.15) is 0 Å². The summed E-state index contributed by atoms with van der Waals surface area (Å²) in [5.74, 6) is 0.151. The summed E-state index contributed by atoms with van der Waals surface area (Å²) >= 11 is 0. The van der Waals surface area contributed by atoms with E-state index in [4.69, 9.17) is 0 Å². The Labute approximate surface area is 120 Å². The van der Waals surface area contributed by atoms with E-state index in [-0.39, 0.29) is 11.8 Å². The summed E-state index contributed by atoms with van der Waals surface area (Å²) in [7, 11) is 0. The molecule has 2 heterocycles. The molecule has 0 fully saturated rings. The van der Waals surface area contributed by atoms with E-state index in [0.717, 1.165) is 25.0 Å². The highest BCUT2D eigenvalue weighted by Crippen LogP contribution is 2.20. The lowest BCUT2D eigenvalue weighted by molar-refractivity contribution is -0.123. The summed E-state index contributed by atoms with van der Waals surface area (Å²) in [6, 6.07) is 4.07. The van der Waals surface area contributed by atoms with Gasteiger partial charge in [0.15, 0.2) is 0 Å². The quantitative estimate of drug-likeness (QED) is 0.879. The molecule has 0 spiro atoms. The van der Waals surface area contributed by atoms with Gasteiger partial charge in [0, 0.05) is 36.8 Å². The maximum Gasteiger partial charge on any atom is 0.222 e. The van der Waals surface area contributed by atoms with Crippen LogP contribution >= 0.6 is 0 Å². The number of hydrogen-bond donors (Lipinski definition) is 1. The Morgan fingerprint density at radius 1 is 1.45 bits per heavy atom. The second-order valence-electron chi connectivity index (χ2n) is 5.42. The Morgan fingerprint density at radius 2 is 2.25 bits per heavy atom. The lowest BCUT2D eigenvalue weighted by atomic mass is 10.1. The molecule has 0 radical (unpaired) electrons. The van der Waals surface area contributed by atoms with E-state index in [2.05, 4.69) is 34.1 Å². The van der Waals surface area contributed by atoms with Gasteiger partial charge in [0.25, 0.3) is 0 Å². The van der Waals surface area contributed by atoms with Gasteiger partial charge in [-0.25, -0.2) is 4.98 Å². The molecule has 0 aliphatic heterocycles. The van der Waals surface area contributed by atoms with Gasteiger partial charge in [-0.15, -0.1) is 0 Å². The first-order chi connectivity index (χ1) is 9.63.